The van der Waals surface area contributed by atoms with E-state index in [1.165, 1.54) is 24.0 Å². The number of nitrogens with two attached hydrogens (primary N) is 1. The Balaban J connectivity index is 2.20. The molecule has 0 unspecified atom stereocenters. The minimum Gasteiger partial charge on any atom is -0.398 e. The summed E-state index contributed by atoms with van der Waals surface area (Å²) in [7, 11) is 0. The van der Waals surface area contributed by atoms with E-state index in [0.29, 0.717) is 0 Å². The summed E-state index contributed by atoms with van der Waals surface area (Å²) in [6.45, 7) is 0. The van der Waals surface area contributed by atoms with Crippen LogP contribution in [0.1, 0.15) is 24.0 Å². The molecule has 3 rings (SSSR count). The second kappa shape index (κ2) is 5.37. The molecule has 1 aliphatic carbocycles. The van der Waals surface area contributed by atoms with Crippen LogP contribution < -0.4 is 11.1 Å². The highest BCUT2D eigenvalue weighted by Gasteiger charge is 2.18. The molecule has 0 spiro atoms. The molecule has 0 atom stereocenters. The topological polar surface area (TPSA) is 55.1 Å². The van der Waals surface area contributed by atoms with Crippen molar-refractivity contribution in [1.29, 1.82) is 0 Å². The van der Waals surface area contributed by atoms with E-state index in [1.54, 1.807) is 0 Å². The number of benzene rings is 2. The average molecular weight is 266 g/mol. The third-order valence-corrected chi connectivity index (χ3v) is 3.99. The molecule has 0 saturated carbocycles. The number of amides is 1. The molecule has 0 radical (unpaired) electrons. The first-order chi connectivity index (χ1) is 9.81. The van der Waals surface area contributed by atoms with Gasteiger partial charge in [-0.05, 0) is 42.9 Å². The Morgan fingerprint density at radius 1 is 1.00 bits per heavy atom. The van der Waals surface area contributed by atoms with Crippen LogP contribution in [0.4, 0.5) is 11.4 Å². The highest BCUT2D eigenvalue weighted by atomic mass is 16.1. The van der Waals surface area contributed by atoms with Gasteiger partial charge in [-0.25, -0.2) is 0 Å². The molecule has 0 saturated heterocycles. The molecule has 3 nitrogen and oxygen atoms in total. The first-order valence-corrected chi connectivity index (χ1v) is 7.01. The molecule has 0 bridgehead atoms. The van der Waals surface area contributed by atoms with Crippen LogP contribution in [0.3, 0.4) is 0 Å². The van der Waals surface area contributed by atoms with Crippen molar-refractivity contribution in [3.05, 3.63) is 47.5 Å². The maximum absolute atomic E-state index is 11.0. The number of nitrogens with one attached hydrogen (secondary N) is 1. The minimum absolute atomic E-state index is 0.734. The standard InChI is InChI=1S/C17H18N2O/c18-16-8-4-3-7-14(16)15-10-9-12-5-1-2-6-13(12)17(15)19-11-20/h3-4,7-11H,1-2,5-6,18H2,(H,19,20). The third kappa shape index (κ3) is 2.16. The van der Waals surface area contributed by atoms with Gasteiger partial charge in [-0.2, -0.15) is 0 Å². The van der Waals surface area contributed by atoms with Crippen molar-refractivity contribution in [3.63, 3.8) is 0 Å². The third-order valence-electron chi connectivity index (χ3n) is 3.99. The van der Waals surface area contributed by atoms with Crippen LogP contribution in [0.25, 0.3) is 11.1 Å². The van der Waals surface area contributed by atoms with Crippen LogP contribution in [0.2, 0.25) is 0 Å². The lowest BCUT2D eigenvalue weighted by atomic mass is 9.87. The molecule has 1 aliphatic rings. The number of anilines is 2. The summed E-state index contributed by atoms with van der Waals surface area (Å²) < 4.78 is 0. The zero-order valence-electron chi connectivity index (χ0n) is 11.4. The fourth-order valence-corrected chi connectivity index (χ4v) is 3.02. The van der Waals surface area contributed by atoms with Gasteiger partial charge in [0, 0.05) is 16.8 Å². The van der Waals surface area contributed by atoms with Crippen LogP contribution >= 0.6 is 0 Å². The SMILES string of the molecule is Nc1ccccc1-c1ccc2c(c1NC=O)CCCC2. The summed E-state index contributed by atoms with van der Waals surface area (Å²) in [6.07, 6.45) is 5.26. The maximum Gasteiger partial charge on any atom is 0.211 e. The molecule has 3 N–H and O–H groups in total. The second-order valence-electron chi connectivity index (χ2n) is 5.18. The van der Waals surface area contributed by atoms with Gasteiger partial charge in [-0.1, -0.05) is 30.3 Å². The smallest absolute Gasteiger partial charge is 0.211 e. The molecule has 0 aromatic heterocycles. The van der Waals surface area contributed by atoms with E-state index in [1.807, 2.05) is 24.3 Å². The molecule has 3 heteroatoms. The van der Waals surface area contributed by atoms with Crippen molar-refractivity contribution < 1.29 is 4.79 Å². The van der Waals surface area contributed by atoms with E-state index in [4.69, 9.17) is 5.73 Å². The molecule has 2 aromatic rings. The molecule has 2 aromatic carbocycles. The van der Waals surface area contributed by atoms with E-state index in [0.717, 1.165) is 41.8 Å². The summed E-state index contributed by atoms with van der Waals surface area (Å²) in [5.74, 6) is 0. The molecule has 0 heterocycles. The summed E-state index contributed by atoms with van der Waals surface area (Å²) in [5, 5.41) is 2.89. The molecule has 0 fully saturated rings. The summed E-state index contributed by atoms with van der Waals surface area (Å²) in [6, 6.07) is 12.0. The van der Waals surface area contributed by atoms with E-state index < -0.39 is 0 Å². The summed E-state index contributed by atoms with van der Waals surface area (Å²) in [5.41, 5.74) is 12.3. The van der Waals surface area contributed by atoms with Gasteiger partial charge < -0.3 is 11.1 Å². The number of rotatable bonds is 3. The van der Waals surface area contributed by atoms with Crippen molar-refractivity contribution in [2.24, 2.45) is 0 Å². The van der Waals surface area contributed by atoms with Crippen molar-refractivity contribution in [1.82, 2.24) is 0 Å². The number of hydrogen-bond acceptors (Lipinski definition) is 2. The van der Waals surface area contributed by atoms with E-state index in [-0.39, 0.29) is 0 Å². The number of carbonyl (C=O) groups is 1. The predicted octanol–water partition coefficient (Wildman–Crippen LogP) is 3.38. The largest absolute Gasteiger partial charge is 0.398 e. The van der Waals surface area contributed by atoms with Crippen molar-refractivity contribution in [3.8, 4) is 11.1 Å². The lowest BCUT2D eigenvalue weighted by molar-refractivity contribution is -0.105. The van der Waals surface area contributed by atoms with Crippen LogP contribution in [0, 0.1) is 0 Å². The van der Waals surface area contributed by atoms with Crippen molar-refractivity contribution in [2.45, 2.75) is 25.7 Å². The zero-order valence-corrected chi connectivity index (χ0v) is 11.4. The quantitative estimate of drug-likeness (QED) is 0.661. The van der Waals surface area contributed by atoms with E-state index >= 15 is 0 Å². The number of carbonyl (C=O) groups excluding carboxylic acids is 1. The van der Waals surface area contributed by atoms with Crippen molar-refractivity contribution in [2.75, 3.05) is 11.1 Å². The molecular weight excluding hydrogens is 248 g/mol. The fourth-order valence-electron chi connectivity index (χ4n) is 3.02. The monoisotopic (exact) mass is 266 g/mol. The number of para-hydroxylation sites is 1. The Morgan fingerprint density at radius 2 is 1.80 bits per heavy atom. The second-order valence-corrected chi connectivity index (χ2v) is 5.18. The van der Waals surface area contributed by atoms with Gasteiger partial charge in [-0.15, -0.1) is 0 Å². The number of hydrogen-bond donors (Lipinski definition) is 2. The van der Waals surface area contributed by atoms with Gasteiger partial charge in [0.25, 0.3) is 0 Å². The lowest BCUT2D eigenvalue weighted by Gasteiger charge is -2.22. The highest BCUT2D eigenvalue weighted by molar-refractivity contribution is 5.91. The van der Waals surface area contributed by atoms with Gasteiger partial charge in [0.2, 0.25) is 6.41 Å². The van der Waals surface area contributed by atoms with Gasteiger partial charge >= 0.3 is 0 Å². The average Bonchev–Trinajstić information content (AvgIpc) is 2.49. The number of aryl methyl sites for hydroxylation is 1. The Morgan fingerprint density at radius 3 is 2.60 bits per heavy atom. The van der Waals surface area contributed by atoms with Gasteiger partial charge in [-0.3, -0.25) is 4.79 Å². The van der Waals surface area contributed by atoms with Gasteiger partial charge in [0.05, 0.1) is 5.69 Å². The summed E-state index contributed by atoms with van der Waals surface area (Å²) >= 11 is 0. The highest BCUT2D eigenvalue weighted by Crippen LogP contribution is 2.38. The minimum atomic E-state index is 0.734. The zero-order chi connectivity index (χ0) is 13.9. The normalized spacial score (nSPS) is 13.6. The summed E-state index contributed by atoms with van der Waals surface area (Å²) in [4.78, 5) is 11.0. The Bertz CT molecular complexity index is 649. The molecular formula is C17H18N2O. The molecule has 20 heavy (non-hydrogen) atoms. The predicted molar refractivity (Wildman–Crippen MR) is 82.6 cm³/mol. The maximum atomic E-state index is 11.0. The van der Waals surface area contributed by atoms with Crippen LogP contribution in [-0.4, -0.2) is 6.41 Å². The van der Waals surface area contributed by atoms with Crippen LogP contribution in [-0.2, 0) is 17.6 Å². The van der Waals surface area contributed by atoms with Crippen LogP contribution in [0.5, 0.6) is 0 Å². The Labute approximate surface area is 118 Å². The number of nitrogen functional groups attached to an aromatic ring is 1. The number of fused-ring (bicyclic) bond motifs is 1. The van der Waals surface area contributed by atoms with Gasteiger partial charge in [0.15, 0.2) is 0 Å². The Hall–Kier alpha value is -2.29. The fraction of sp³-hybridized carbons (Fsp3) is 0.235. The first-order valence-electron chi connectivity index (χ1n) is 7.01. The lowest BCUT2D eigenvalue weighted by Crippen LogP contribution is -2.09. The van der Waals surface area contributed by atoms with E-state index in [9.17, 15) is 4.79 Å². The molecule has 1 amide bonds. The van der Waals surface area contributed by atoms with E-state index in [2.05, 4.69) is 17.4 Å². The van der Waals surface area contributed by atoms with Gasteiger partial charge in [0.1, 0.15) is 0 Å². The first kappa shape index (κ1) is 12.7. The molecule has 102 valence electrons. The van der Waals surface area contributed by atoms with Crippen molar-refractivity contribution >= 4 is 17.8 Å². The Kier molecular flexibility index (Phi) is 3.42. The van der Waals surface area contributed by atoms with Crippen LogP contribution in [0.15, 0.2) is 36.4 Å². The molecule has 0 aliphatic heterocycles.